The molecule has 0 radical (unpaired) electrons. The van der Waals surface area contributed by atoms with E-state index in [-0.39, 0.29) is 12.5 Å². The Kier molecular flexibility index (Phi) is 5.75. The average Bonchev–Trinajstić information content (AvgIpc) is 3.40. The third-order valence-corrected chi connectivity index (χ3v) is 5.83. The summed E-state index contributed by atoms with van der Waals surface area (Å²) < 4.78 is 7.98. The molecular formula is C22H29N3O2. The van der Waals surface area contributed by atoms with E-state index in [0.717, 1.165) is 55.5 Å². The Morgan fingerprint density at radius 1 is 1.04 bits per heavy atom. The molecule has 1 saturated heterocycles. The summed E-state index contributed by atoms with van der Waals surface area (Å²) in [6.45, 7) is 2.91. The number of piperidine rings is 1. The molecule has 1 aromatic heterocycles. The largest absolute Gasteiger partial charge is 0.484 e. The summed E-state index contributed by atoms with van der Waals surface area (Å²) in [6, 6.07) is 7.95. The van der Waals surface area contributed by atoms with Gasteiger partial charge in [-0.15, -0.1) is 0 Å². The number of rotatable bonds is 6. The van der Waals surface area contributed by atoms with Gasteiger partial charge < -0.3 is 14.2 Å². The molecule has 0 bridgehead atoms. The predicted molar refractivity (Wildman–Crippen MR) is 106 cm³/mol. The second kappa shape index (κ2) is 8.59. The van der Waals surface area contributed by atoms with Crippen molar-refractivity contribution in [2.45, 2.75) is 51.5 Å². The van der Waals surface area contributed by atoms with Gasteiger partial charge in [0.2, 0.25) is 0 Å². The number of hydrogen-bond acceptors (Lipinski definition) is 3. The summed E-state index contributed by atoms with van der Waals surface area (Å²) in [7, 11) is 0. The van der Waals surface area contributed by atoms with Crippen LogP contribution in [0.1, 0.15) is 44.9 Å². The molecule has 0 N–H and O–H groups in total. The van der Waals surface area contributed by atoms with Crippen LogP contribution in [0, 0.1) is 5.92 Å². The zero-order chi connectivity index (χ0) is 18.5. The van der Waals surface area contributed by atoms with Crippen LogP contribution in [0.2, 0.25) is 0 Å². The van der Waals surface area contributed by atoms with Crippen molar-refractivity contribution in [3.63, 3.8) is 0 Å². The average molecular weight is 367 g/mol. The Morgan fingerprint density at radius 2 is 1.78 bits per heavy atom. The minimum atomic E-state index is 0.0888. The molecule has 144 valence electrons. The molecule has 2 aromatic rings. The van der Waals surface area contributed by atoms with Gasteiger partial charge in [-0.25, -0.2) is 4.98 Å². The zero-order valence-corrected chi connectivity index (χ0v) is 16.0. The van der Waals surface area contributed by atoms with Crippen LogP contribution in [0.4, 0.5) is 0 Å². The van der Waals surface area contributed by atoms with E-state index in [4.69, 9.17) is 4.74 Å². The zero-order valence-electron chi connectivity index (χ0n) is 16.0. The number of carbonyl (C=O) groups is 1. The van der Waals surface area contributed by atoms with Gasteiger partial charge >= 0.3 is 0 Å². The maximum atomic E-state index is 12.2. The molecule has 0 unspecified atom stereocenters. The fraction of sp³-hybridized carbons (Fsp3) is 0.545. The number of benzene rings is 1. The summed E-state index contributed by atoms with van der Waals surface area (Å²) in [5.74, 6) is 2.61. The highest BCUT2D eigenvalue weighted by Crippen LogP contribution is 2.28. The van der Waals surface area contributed by atoms with E-state index >= 15 is 0 Å². The minimum Gasteiger partial charge on any atom is -0.484 e. The Hall–Kier alpha value is -2.30. The molecule has 1 aromatic carbocycles. The summed E-state index contributed by atoms with van der Waals surface area (Å²) in [4.78, 5) is 18.7. The molecule has 0 spiro atoms. The van der Waals surface area contributed by atoms with Gasteiger partial charge in [-0.1, -0.05) is 12.8 Å². The van der Waals surface area contributed by atoms with Crippen molar-refractivity contribution in [1.82, 2.24) is 14.5 Å². The summed E-state index contributed by atoms with van der Waals surface area (Å²) in [5.41, 5.74) is 1.09. The maximum absolute atomic E-state index is 12.2. The summed E-state index contributed by atoms with van der Waals surface area (Å²) >= 11 is 0. The highest BCUT2D eigenvalue weighted by molar-refractivity contribution is 5.77. The molecule has 1 amide bonds. The van der Waals surface area contributed by atoms with Gasteiger partial charge in [0.25, 0.3) is 5.91 Å². The first-order valence-electron chi connectivity index (χ1n) is 10.3. The van der Waals surface area contributed by atoms with Crippen LogP contribution in [0.25, 0.3) is 11.4 Å². The lowest BCUT2D eigenvalue weighted by Gasteiger charge is -2.26. The van der Waals surface area contributed by atoms with Crippen LogP contribution in [0.15, 0.2) is 36.7 Å². The van der Waals surface area contributed by atoms with Crippen LogP contribution in [-0.4, -0.2) is 40.1 Å². The van der Waals surface area contributed by atoms with Crippen LogP contribution < -0.4 is 4.74 Å². The summed E-state index contributed by atoms with van der Waals surface area (Å²) in [6.07, 6.45) is 12.8. The van der Waals surface area contributed by atoms with Gasteiger partial charge in [0.15, 0.2) is 6.61 Å². The number of nitrogens with zero attached hydrogens (tertiary/aromatic N) is 3. The van der Waals surface area contributed by atoms with Crippen LogP contribution >= 0.6 is 0 Å². The van der Waals surface area contributed by atoms with Crippen LogP contribution in [0.3, 0.4) is 0 Å². The molecule has 5 heteroatoms. The lowest BCUT2D eigenvalue weighted by molar-refractivity contribution is -0.134. The quantitative estimate of drug-likeness (QED) is 0.771. The first kappa shape index (κ1) is 18.1. The molecular weight excluding hydrogens is 338 g/mol. The number of hydrogen-bond donors (Lipinski definition) is 0. The van der Waals surface area contributed by atoms with Crippen molar-refractivity contribution in [2.75, 3.05) is 19.7 Å². The molecule has 2 aliphatic rings. The Labute approximate surface area is 161 Å². The Bertz CT molecular complexity index is 741. The fourth-order valence-electron chi connectivity index (χ4n) is 4.27. The van der Waals surface area contributed by atoms with Gasteiger partial charge in [0.05, 0.1) is 0 Å². The van der Waals surface area contributed by atoms with Gasteiger partial charge in [0.1, 0.15) is 11.6 Å². The van der Waals surface area contributed by atoms with E-state index in [1.54, 1.807) is 0 Å². The summed E-state index contributed by atoms with van der Waals surface area (Å²) in [5, 5.41) is 0. The topological polar surface area (TPSA) is 47.4 Å². The van der Waals surface area contributed by atoms with E-state index in [2.05, 4.69) is 15.7 Å². The molecule has 4 rings (SSSR count). The lowest BCUT2D eigenvalue weighted by Crippen LogP contribution is -2.38. The Balaban J connectivity index is 1.35. The number of likely N-dealkylation sites (tertiary alicyclic amines) is 1. The first-order valence-corrected chi connectivity index (χ1v) is 10.3. The molecule has 1 aliphatic heterocycles. The molecule has 0 atom stereocenters. The highest BCUT2D eigenvalue weighted by atomic mass is 16.5. The SMILES string of the molecule is O=C(COc1ccc(-c2nccn2CC2CCCC2)cc1)N1CCCCC1. The van der Waals surface area contributed by atoms with Crippen LogP contribution in [-0.2, 0) is 11.3 Å². The minimum absolute atomic E-state index is 0.0888. The standard InChI is InChI=1S/C22H29N3O2/c26-21(24-13-4-1-5-14-24)17-27-20-10-8-19(9-11-20)22-23-12-15-25(22)16-18-6-2-3-7-18/h8-12,15,18H,1-7,13-14,16-17H2. The third-order valence-electron chi connectivity index (χ3n) is 5.83. The first-order chi connectivity index (χ1) is 13.3. The van der Waals surface area contributed by atoms with E-state index in [0.29, 0.717) is 0 Å². The normalized spacial score (nSPS) is 18.0. The van der Waals surface area contributed by atoms with Crippen molar-refractivity contribution in [3.05, 3.63) is 36.7 Å². The van der Waals surface area contributed by atoms with Gasteiger partial charge in [-0.3, -0.25) is 4.79 Å². The number of imidazole rings is 1. The molecule has 5 nitrogen and oxygen atoms in total. The molecule has 27 heavy (non-hydrogen) atoms. The van der Waals surface area contributed by atoms with Crippen molar-refractivity contribution >= 4 is 5.91 Å². The maximum Gasteiger partial charge on any atom is 0.260 e. The Morgan fingerprint density at radius 3 is 2.52 bits per heavy atom. The second-order valence-electron chi connectivity index (χ2n) is 7.81. The van der Waals surface area contributed by atoms with Crippen molar-refractivity contribution in [1.29, 1.82) is 0 Å². The van der Waals surface area contributed by atoms with E-state index < -0.39 is 0 Å². The van der Waals surface area contributed by atoms with Gasteiger partial charge in [-0.2, -0.15) is 0 Å². The van der Waals surface area contributed by atoms with Crippen LogP contribution in [0.5, 0.6) is 5.75 Å². The third kappa shape index (κ3) is 4.52. The molecule has 2 fully saturated rings. The predicted octanol–water partition coefficient (Wildman–Crippen LogP) is 4.13. The molecule has 2 heterocycles. The van der Waals surface area contributed by atoms with Crippen molar-refractivity contribution < 1.29 is 9.53 Å². The smallest absolute Gasteiger partial charge is 0.260 e. The lowest BCUT2D eigenvalue weighted by atomic mass is 10.1. The van der Waals surface area contributed by atoms with E-state index in [1.807, 2.05) is 35.4 Å². The molecule has 1 saturated carbocycles. The monoisotopic (exact) mass is 367 g/mol. The van der Waals surface area contributed by atoms with Crippen molar-refractivity contribution in [2.24, 2.45) is 5.92 Å². The number of carbonyl (C=O) groups excluding carboxylic acids is 1. The van der Waals surface area contributed by atoms with Crippen molar-refractivity contribution in [3.8, 4) is 17.1 Å². The number of ether oxygens (including phenoxy) is 1. The van der Waals surface area contributed by atoms with Gasteiger partial charge in [-0.05, 0) is 62.3 Å². The number of aromatic nitrogens is 2. The van der Waals surface area contributed by atoms with E-state index in [1.165, 1.54) is 32.1 Å². The fourth-order valence-corrected chi connectivity index (χ4v) is 4.27. The molecule has 1 aliphatic carbocycles. The van der Waals surface area contributed by atoms with Gasteiger partial charge in [0, 0.05) is 37.6 Å². The number of amides is 1. The van der Waals surface area contributed by atoms with E-state index in [9.17, 15) is 4.79 Å². The second-order valence-corrected chi connectivity index (χ2v) is 7.81. The highest BCUT2D eigenvalue weighted by Gasteiger charge is 2.18.